The Morgan fingerprint density at radius 1 is 1.30 bits per heavy atom. The number of rotatable bonds is 0. The molecule has 0 amide bonds. The molecule has 0 saturated carbocycles. The van der Waals surface area contributed by atoms with E-state index in [1.165, 1.54) is 0 Å². The molecule has 0 aromatic heterocycles. The third-order valence-corrected chi connectivity index (χ3v) is 2.78. The van der Waals surface area contributed by atoms with E-state index in [4.69, 9.17) is 23.2 Å². The summed E-state index contributed by atoms with van der Waals surface area (Å²) in [7, 11) is 1.94. The van der Waals surface area contributed by atoms with Gasteiger partial charge in [0.15, 0.2) is 0 Å². The second-order valence-corrected chi connectivity index (χ2v) is 3.26. The summed E-state index contributed by atoms with van der Waals surface area (Å²) in [6.07, 6.45) is 0. The first-order chi connectivity index (χ1) is 4.63. The molecule has 0 spiro atoms. The van der Waals surface area contributed by atoms with Gasteiger partial charge in [-0.3, -0.25) is 0 Å². The third-order valence-electron chi connectivity index (χ3n) is 1.27. The zero-order chi connectivity index (χ0) is 7.72. The van der Waals surface area contributed by atoms with Gasteiger partial charge in [0.25, 0.3) is 0 Å². The van der Waals surface area contributed by atoms with Gasteiger partial charge in [0.1, 0.15) is 7.85 Å². The molecule has 0 radical (unpaired) electrons. The fraction of sp³-hybridized carbons (Fsp3) is 0. The minimum absolute atomic E-state index is 0.532. The van der Waals surface area contributed by atoms with Crippen LogP contribution >= 0.6 is 35.8 Å². The number of thiol groups is 1. The lowest BCUT2D eigenvalue weighted by atomic mass is 9.96. The van der Waals surface area contributed by atoms with E-state index in [-0.39, 0.29) is 0 Å². The fourth-order valence-corrected chi connectivity index (χ4v) is 1.27. The van der Waals surface area contributed by atoms with E-state index in [1.807, 2.05) is 13.9 Å². The van der Waals surface area contributed by atoms with Crippen molar-refractivity contribution in [1.29, 1.82) is 0 Å². The molecule has 0 heterocycles. The summed E-state index contributed by atoms with van der Waals surface area (Å²) < 4.78 is 0. The minimum atomic E-state index is 0.532. The van der Waals surface area contributed by atoms with Crippen molar-refractivity contribution in [3.63, 3.8) is 0 Å². The smallest absolute Gasteiger partial charge is 0.140 e. The average molecular weight is 191 g/mol. The Labute approximate surface area is 76.3 Å². The molecule has 0 nitrogen and oxygen atoms in total. The molecule has 0 saturated heterocycles. The molecule has 0 bridgehead atoms. The van der Waals surface area contributed by atoms with Crippen molar-refractivity contribution >= 4 is 49.1 Å². The molecular formula is C6H5BCl2S. The molecular weight excluding hydrogens is 186 g/mol. The zero-order valence-electron chi connectivity index (χ0n) is 5.36. The van der Waals surface area contributed by atoms with Crippen LogP contribution in [0.5, 0.6) is 0 Å². The molecule has 52 valence electrons. The average Bonchev–Trinajstić information content (AvgIpc) is 1.93. The van der Waals surface area contributed by atoms with Crippen LogP contribution < -0.4 is 5.46 Å². The van der Waals surface area contributed by atoms with Crippen molar-refractivity contribution in [2.45, 2.75) is 4.90 Å². The van der Waals surface area contributed by atoms with Gasteiger partial charge in [-0.25, -0.2) is 0 Å². The van der Waals surface area contributed by atoms with Crippen LogP contribution in [0.3, 0.4) is 0 Å². The van der Waals surface area contributed by atoms with Gasteiger partial charge < -0.3 is 0 Å². The van der Waals surface area contributed by atoms with Crippen molar-refractivity contribution in [2.75, 3.05) is 0 Å². The van der Waals surface area contributed by atoms with E-state index in [0.717, 1.165) is 10.4 Å². The predicted molar refractivity (Wildman–Crippen MR) is 51.9 cm³/mol. The third kappa shape index (κ3) is 1.44. The number of hydrogen-bond acceptors (Lipinski definition) is 1. The quantitative estimate of drug-likeness (QED) is 0.466. The summed E-state index contributed by atoms with van der Waals surface area (Å²) in [5, 5.41) is 1.09. The minimum Gasteiger partial charge on any atom is -0.142 e. The molecule has 4 heteroatoms. The highest BCUT2D eigenvalue weighted by Crippen LogP contribution is 2.25. The summed E-state index contributed by atoms with van der Waals surface area (Å²) >= 11 is 15.6. The van der Waals surface area contributed by atoms with Crippen LogP contribution in [-0.2, 0) is 0 Å². The van der Waals surface area contributed by atoms with E-state index < -0.39 is 0 Å². The van der Waals surface area contributed by atoms with E-state index in [0.29, 0.717) is 10.0 Å². The monoisotopic (exact) mass is 190 g/mol. The van der Waals surface area contributed by atoms with Crippen LogP contribution in [0, 0.1) is 0 Å². The summed E-state index contributed by atoms with van der Waals surface area (Å²) in [5.41, 5.74) is 1.04. The van der Waals surface area contributed by atoms with Gasteiger partial charge in [0, 0.05) is 4.90 Å². The fourth-order valence-electron chi connectivity index (χ4n) is 0.636. The molecule has 0 aliphatic heterocycles. The number of benzene rings is 1. The first-order valence-electron chi connectivity index (χ1n) is 2.76. The maximum atomic E-state index is 5.77. The lowest BCUT2D eigenvalue weighted by molar-refractivity contribution is 1.54. The zero-order valence-corrected chi connectivity index (χ0v) is 7.76. The second kappa shape index (κ2) is 3.08. The Kier molecular flexibility index (Phi) is 2.56. The van der Waals surface area contributed by atoms with Gasteiger partial charge in [0.2, 0.25) is 0 Å². The maximum absolute atomic E-state index is 5.77. The number of halogens is 2. The predicted octanol–water partition coefficient (Wildman–Crippen LogP) is 1.54. The van der Waals surface area contributed by atoms with Gasteiger partial charge in [-0.15, -0.1) is 12.6 Å². The molecule has 0 N–H and O–H groups in total. The highest BCUT2D eigenvalue weighted by atomic mass is 35.5. The highest BCUT2D eigenvalue weighted by molar-refractivity contribution is 7.80. The van der Waals surface area contributed by atoms with Crippen LogP contribution in [-0.4, -0.2) is 7.85 Å². The van der Waals surface area contributed by atoms with E-state index in [2.05, 4.69) is 12.6 Å². The van der Waals surface area contributed by atoms with E-state index >= 15 is 0 Å². The molecule has 0 atom stereocenters. The van der Waals surface area contributed by atoms with Gasteiger partial charge in [-0.1, -0.05) is 34.7 Å². The van der Waals surface area contributed by atoms with Crippen molar-refractivity contribution in [3.8, 4) is 0 Å². The lowest BCUT2D eigenvalue weighted by Gasteiger charge is -2.01. The van der Waals surface area contributed by atoms with Crippen molar-refractivity contribution in [3.05, 3.63) is 22.2 Å². The maximum Gasteiger partial charge on any atom is 0.140 e. The van der Waals surface area contributed by atoms with E-state index in [9.17, 15) is 0 Å². The normalized spacial score (nSPS) is 9.90. The Bertz CT molecular complexity index is 235. The standard InChI is InChI=1S/C6H5BCl2S/c7-3-1-2-4(8)5(9)6(3)10/h1-2,10H,7H2. The number of hydrogen-bond donors (Lipinski definition) is 1. The van der Waals surface area contributed by atoms with Crippen molar-refractivity contribution in [2.24, 2.45) is 0 Å². The van der Waals surface area contributed by atoms with Crippen LogP contribution in [0.25, 0.3) is 0 Å². The van der Waals surface area contributed by atoms with Crippen LogP contribution in [0.4, 0.5) is 0 Å². The first kappa shape index (κ1) is 8.31. The largest absolute Gasteiger partial charge is 0.142 e. The van der Waals surface area contributed by atoms with Crippen LogP contribution in [0.1, 0.15) is 0 Å². The highest BCUT2D eigenvalue weighted by Gasteiger charge is 2.02. The SMILES string of the molecule is Bc1ccc(Cl)c(Cl)c1S. The Morgan fingerprint density at radius 3 is 2.40 bits per heavy atom. The Hall–Kier alpha value is 0.215. The Morgan fingerprint density at radius 2 is 1.90 bits per heavy atom. The summed E-state index contributed by atoms with van der Waals surface area (Å²) in [5.74, 6) is 0. The topological polar surface area (TPSA) is 0 Å². The van der Waals surface area contributed by atoms with Gasteiger partial charge in [-0.05, 0) is 6.07 Å². The molecule has 1 aromatic rings. The first-order valence-corrected chi connectivity index (χ1v) is 3.97. The molecule has 0 aliphatic carbocycles. The molecule has 1 aromatic carbocycles. The van der Waals surface area contributed by atoms with Crippen LogP contribution in [0.2, 0.25) is 10.0 Å². The van der Waals surface area contributed by atoms with Gasteiger partial charge in [-0.2, -0.15) is 0 Å². The Balaban J connectivity index is 3.34. The van der Waals surface area contributed by atoms with Gasteiger partial charge >= 0.3 is 0 Å². The molecule has 0 aliphatic rings. The summed E-state index contributed by atoms with van der Waals surface area (Å²) in [6, 6.07) is 3.65. The van der Waals surface area contributed by atoms with Crippen LogP contribution in [0.15, 0.2) is 17.0 Å². The summed E-state index contributed by atoms with van der Waals surface area (Å²) in [6.45, 7) is 0. The van der Waals surface area contributed by atoms with Crippen molar-refractivity contribution < 1.29 is 0 Å². The van der Waals surface area contributed by atoms with Crippen molar-refractivity contribution in [1.82, 2.24) is 0 Å². The van der Waals surface area contributed by atoms with Gasteiger partial charge in [0.05, 0.1) is 10.0 Å². The second-order valence-electron chi connectivity index (χ2n) is 2.03. The molecule has 10 heavy (non-hydrogen) atoms. The lowest BCUT2D eigenvalue weighted by Crippen LogP contribution is -2.03. The molecule has 0 fully saturated rings. The van der Waals surface area contributed by atoms with E-state index in [1.54, 1.807) is 6.07 Å². The molecule has 0 unspecified atom stereocenters. The molecule has 1 rings (SSSR count). The summed E-state index contributed by atoms with van der Waals surface area (Å²) in [4.78, 5) is 0.758.